The van der Waals surface area contributed by atoms with Crippen molar-refractivity contribution in [3.63, 3.8) is 0 Å². The summed E-state index contributed by atoms with van der Waals surface area (Å²) in [6.07, 6.45) is 1.26. The van der Waals surface area contributed by atoms with Crippen molar-refractivity contribution in [2.75, 3.05) is 11.5 Å². The second-order valence-corrected chi connectivity index (χ2v) is 6.99. The number of aryl methyl sites for hydroxylation is 1. The predicted octanol–water partition coefficient (Wildman–Crippen LogP) is 4.07. The molecule has 29 heavy (non-hydrogen) atoms. The topological polar surface area (TPSA) is 95.9 Å². The lowest BCUT2D eigenvalue weighted by Crippen LogP contribution is -2.54. The van der Waals surface area contributed by atoms with Crippen molar-refractivity contribution in [2.24, 2.45) is 0 Å². The number of amides is 4. The number of urea groups is 1. The lowest BCUT2D eigenvalue weighted by Gasteiger charge is -2.26. The number of nitrogens with one attached hydrogen (secondary N) is 1. The van der Waals surface area contributed by atoms with E-state index in [0.29, 0.717) is 10.6 Å². The van der Waals surface area contributed by atoms with Crippen molar-refractivity contribution in [2.45, 2.75) is 13.8 Å². The van der Waals surface area contributed by atoms with E-state index in [2.05, 4.69) is 5.32 Å². The van der Waals surface area contributed by atoms with Crippen LogP contribution in [0.4, 0.5) is 10.5 Å². The monoisotopic (exact) mass is 434 g/mol. The third kappa shape index (κ3) is 4.06. The van der Waals surface area contributed by atoms with E-state index in [0.717, 1.165) is 10.5 Å². The Hall–Kier alpha value is -3.03. The van der Waals surface area contributed by atoms with Crippen molar-refractivity contribution in [1.82, 2.24) is 5.32 Å². The summed E-state index contributed by atoms with van der Waals surface area (Å²) < 4.78 is 5.30. The summed E-state index contributed by atoms with van der Waals surface area (Å²) >= 11 is 12.1. The first kappa shape index (κ1) is 20.7. The van der Waals surface area contributed by atoms with Gasteiger partial charge in [0.1, 0.15) is 5.57 Å². The highest BCUT2D eigenvalue weighted by Gasteiger charge is 2.37. The Morgan fingerprint density at radius 1 is 1.14 bits per heavy atom. The normalized spacial score (nSPS) is 15.7. The number of hydrogen-bond donors (Lipinski definition) is 2. The van der Waals surface area contributed by atoms with E-state index in [1.54, 1.807) is 26.0 Å². The van der Waals surface area contributed by atoms with Crippen LogP contribution in [-0.4, -0.2) is 29.6 Å². The zero-order chi connectivity index (χ0) is 21.3. The molecule has 0 saturated carbocycles. The molecule has 2 N–H and O–H groups in total. The van der Waals surface area contributed by atoms with Crippen molar-refractivity contribution < 1.29 is 24.2 Å². The van der Waals surface area contributed by atoms with Crippen LogP contribution in [0.1, 0.15) is 18.1 Å². The maximum absolute atomic E-state index is 12.9. The molecular formula is C20H16Cl2N2O5. The van der Waals surface area contributed by atoms with Gasteiger partial charge < -0.3 is 9.84 Å². The minimum atomic E-state index is -0.879. The number of phenols is 1. The highest BCUT2D eigenvalue weighted by atomic mass is 35.5. The van der Waals surface area contributed by atoms with Gasteiger partial charge in [-0.15, -0.1) is 0 Å². The van der Waals surface area contributed by atoms with Crippen LogP contribution in [0, 0.1) is 6.92 Å². The Balaban J connectivity index is 2.05. The highest BCUT2D eigenvalue weighted by molar-refractivity contribution is 6.39. The minimum Gasteiger partial charge on any atom is -0.503 e. The van der Waals surface area contributed by atoms with E-state index in [-0.39, 0.29) is 34.4 Å². The first-order valence-electron chi connectivity index (χ1n) is 8.55. The van der Waals surface area contributed by atoms with Gasteiger partial charge >= 0.3 is 6.03 Å². The predicted molar refractivity (Wildman–Crippen MR) is 109 cm³/mol. The number of anilines is 1. The molecule has 0 atom stereocenters. The molecule has 7 nitrogen and oxygen atoms in total. The number of aromatic hydroxyl groups is 1. The summed E-state index contributed by atoms with van der Waals surface area (Å²) in [5.74, 6) is -1.81. The first-order chi connectivity index (χ1) is 13.7. The lowest BCUT2D eigenvalue weighted by molar-refractivity contribution is -0.122. The number of carbonyl (C=O) groups is 3. The van der Waals surface area contributed by atoms with Crippen LogP contribution in [0.5, 0.6) is 11.5 Å². The molecule has 3 rings (SSSR count). The molecule has 1 aliphatic rings. The average Bonchev–Trinajstić information content (AvgIpc) is 2.65. The highest BCUT2D eigenvalue weighted by Crippen LogP contribution is 2.36. The smallest absolute Gasteiger partial charge is 0.335 e. The van der Waals surface area contributed by atoms with E-state index in [1.807, 2.05) is 0 Å². The molecule has 1 heterocycles. The SMILES string of the molecule is CCOc1cc(C=C2C(=O)NC(=O)N(c3ccc(C)c(Cl)c3)C2=O)cc(Cl)c1O. The molecule has 0 bridgehead atoms. The molecule has 9 heteroatoms. The Morgan fingerprint density at radius 3 is 2.52 bits per heavy atom. The molecule has 150 valence electrons. The summed E-state index contributed by atoms with van der Waals surface area (Å²) in [5.41, 5.74) is 1.05. The third-order valence-electron chi connectivity index (χ3n) is 4.18. The van der Waals surface area contributed by atoms with Crippen molar-refractivity contribution >= 4 is 52.8 Å². The van der Waals surface area contributed by atoms with Gasteiger partial charge in [-0.3, -0.25) is 14.9 Å². The van der Waals surface area contributed by atoms with Gasteiger partial charge in [-0.2, -0.15) is 0 Å². The zero-order valence-electron chi connectivity index (χ0n) is 15.5. The maximum Gasteiger partial charge on any atom is 0.335 e. The Kier molecular flexibility index (Phi) is 5.81. The lowest BCUT2D eigenvalue weighted by atomic mass is 10.1. The minimum absolute atomic E-state index is 0.00952. The number of ether oxygens (including phenoxy) is 1. The summed E-state index contributed by atoms with van der Waals surface area (Å²) in [4.78, 5) is 38.3. The van der Waals surface area contributed by atoms with Crippen LogP contribution < -0.4 is 15.0 Å². The van der Waals surface area contributed by atoms with Gasteiger partial charge in [-0.05, 0) is 55.3 Å². The van der Waals surface area contributed by atoms with E-state index >= 15 is 0 Å². The number of nitrogens with zero attached hydrogens (tertiary/aromatic N) is 1. The number of imide groups is 2. The van der Waals surface area contributed by atoms with Gasteiger partial charge in [0.05, 0.1) is 17.3 Å². The van der Waals surface area contributed by atoms with Crippen LogP contribution in [0.3, 0.4) is 0 Å². The maximum atomic E-state index is 12.9. The largest absolute Gasteiger partial charge is 0.503 e. The molecule has 4 amide bonds. The molecule has 0 aliphatic carbocycles. The zero-order valence-corrected chi connectivity index (χ0v) is 17.0. The summed E-state index contributed by atoms with van der Waals surface area (Å²) in [7, 11) is 0. The van der Waals surface area contributed by atoms with Crippen LogP contribution in [0.15, 0.2) is 35.9 Å². The Morgan fingerprint density at radius 2 is 1.86 bits per heavy atom. The summed E-state index contributed by atoms with van der Waals surface area (Å²) in [6.45, 7) is 3.79. The molecule has 0 spiro atoms. The van der Waals surface area contributed by atoms with E-state index in [4.69, 9.17) is 27.9 Å². The van der Waals surface area contributed by atoms with Crippen molar-refractivity contribution in [3.05, 3.63) is 57.1 Å². The van der Waals surface area contributed by atoms with Gasteiger partial charge in [-0.25, -0.2) is 9.69 Å². The van der Waals surface area contributed by atoms with Crippen LogP contribution >= 0.6 is 23.2 Å². The van der Waals surface area contributed by atoms with Gasteiger partial charge in [0.25, 0.3) is 11.8 Å². The molecule has 2 aromatic rings. The fourth-order valence-electron chi connectivity index (χ4n) is 2.72. The van der Waals surface area contributed by atoms with Crippen LogP contribution in [0.25, 0.3) is 6.08 Å². The van der Waals surface area contributed by atoms with Gasteiger partial charge in [0.2, 0.25) is 0 Å². The Bertz CT molecular complexity index is 1070. The Labute approximate surface area is 176 Å². The number of benzene rings is 2. The standard InChI is InChI=1S/C20H16Cl2N2O5/c1-3-29-16-8-11(7-15(22)17(16)25)6-13-18(26)23-20(28)24(19(13)27)12-5-4-10(2)14(21)9-12/h4-9,25H,3H2,1-2H3,(H,23,26,28). The van der Waals surface area contributed by atoms with E-state index in [9.17, 15) is 19.5 Å². The van der Waals surface area contributed by atoms with Gasteiger partial charge in [0, 0.05) is 5.02 Å². The van der Waals surface area contributed by atoms with E-state index < -0.39 is 17.8 Å². The second kappa shape index (κ2) is 8.14. The van der Waals surface area contributed by atoms with E-state index in [1.165, 1.54) is 24.3 Å². The third-order valence-corrected chi connectivity index (χ3v) is 4.87. The van der Waals surface area contributed by atoms with Crippen LogP contribution in [-0.2, 0) is 9.59 Å². The van der Waals surface area contributed by atoms with Crippen molar-refractivity contribution in [3.8, 4) is 11.5 Å². The van der Waals surface area contributed by atoms with Crippen LogP contribution in [0.2, 0.25) is 10.0 Å². The number of phenolic OH excluding ortho intramolecular Hbond substituents is 1. The second-order valence-electron chi connectivity index (χ2n) is 6.17. The average molecular weight is 435 g/mol. The summed E-state index contributed by atoms with van der Waals surface area (Å²) in [6, 6.07) is 6.60. The molecule has 1 fully saturated rings. The molecule has 0 aromatic heterocycles. The molecule has 0 radical (unpaired) electrons. The number of hydrogen-bond acceptors (Lipinski definition) is 5. The number of rotatable bonds is 4. The van der Waals surface area contributed by atoms with Gasteiger partial charge in [0.15, 0.2) is 11.5 Å². The molecule has 1 saturated heterocycles. The van der Waals surface area contributed by atoms with Crippen molar-refractivity contribution in [1.29, 1.82) is 0 Å². The first-order valence-corrected chi connectivity index (χ1v) is 9.31. The number of carbonyl (C=O) groups excluding carboxylic acids is 3. The molecule has 1 aliphatic heterocycles. The fourth-order valence-corrected chi connectivity index (χ4v) is 3.12. The fraction of sp³-hybridized carbons (Fsp3) is 0.150. The number of halogens is 2. The number of barbiturate groups is 1. The molecule has 2 aromatic carbocycles. The molecular weight excluding hydrogens is 419 g/mol. The molecule has 0 unspecified atom stereocenters. The summed E-state index contributed by atoms with van der Waals surface area (Å²) in [5, 5.41) is 12.4. The van der Waals surface area contributed by atoms with Gasteiger partial charge in [-0.1, -0.05) is 29.3 Å². The quantitative estimate of drug-likeness (QED) is 0.558.